The summed E-state index contributed by atoms with van der Waals surface area (Å²) in [5, 5.41) is 11.9. The number of benzene rings is 8. The number of nitrogens with one attached hydrogen (secondary N) is 2. The Kier molecular flexibility index (Phi) is 17.2. The van der Waals surface area contributed by atoms with Crippen molar-refractivity contribution in [2.75, 3.05) is 25.4 Å². The van der Waals surface area contributed by atoms with Crippen LogP contribution in [0.1, 0.15) is 25.7 Å². The Morgan fingerprint density at radius 3 is 0.806 bits per heavy atom. The van der Waals surface area contributed by atoms with E-state index in [1.807, 2.05) is 146 Å². The summed E-state index contributed by atoms with van der Waals surface area (Å²) in [7, 11) is -14.3. The summed E-state index contributed by atoms with van der Waals surface area (Å²) in [6.45, 7) is 1.16. The van der Waals surface area contributed by atoms with Gasteiger partial charge in [0.05, 0.1) is 0 Å². The van der Waals surface area contributed by atoms with Gasteiger partial charge in [-0.15, -0.1) is 0 Å². The summed E-state index contributed by atoms with van der Waals surface area (Å²) in [6.07, 6.45) is 5.21. The lowest BCUT2D eigenvalue weighted by Gasteiger charge is -2.35. The monoisotopic (exact) mass is 1030 g/mol. The van der Waals surface area contributed by atoms with Gasteiger partial charge in [-0.25, -0.2) is 9.13 Å². The number of rotatable bonds is 22. The molecule has 0 amide bonds. The van der Waals surface area contributed by atoms with Gasteiger partial charge in [0.1, 0.15) is 23.0 Å². The van der Waals surface area contributed by atoms with Gasteiger partial charge in [0.25, 0.3) is 0 Å². The number of hydrogen-bond acceptors (Lipinski definition) is 8. The third-order valence-electron chi connectivity index (χ3n) is 12.6. The van der Waals surface area contributed by atoms with Gasteiger partial charge in [-0.2, -0.15) is 9.03 Å². The Morgan fingerprint density at radius 1 is 0.347 bits per heavy atom. The van der Waals surface area contributed by atoms with E-state index in [2.05, 4.69) is 59.2 Å². The summed E-state index contributed by atoms with van der Waals surface area (Å²) >= 11 is 0. The molecule has 8 aromatic rings. The Labute approximate surface area is 424 Å². The number of hydrogen-bond donors (Lipinski definition) is 2. The van der Waals surface area contributed by atoms with E-state index in [0.717, 1.165) is 46.9 Å². The third kappa shape index (κ3) is 13.1. The minimum Gasteiger partial charge on any atom is -0.399 e. The molecule has 1 saturated carbocycles. The standard InChI is InChI=1S/C58H60N4O6P4/c63-71(65-49-27-9-1-10-28-49,66-50-29-11-2-12-30-50)61-69(53-35-17-5-18-36-53,54-37-19-6-20-38-54)47-45-59-57-43-25-26-44-58(57)60-46-48-70(55-39-21-7-22-40-55,56-41-23-8-24-42-56)62-72(64,67-51-31-13-3-14-32-51)68-52-33-15-4-16-34-52/h1-24,27-42,57-60H,25-26,43-48H2/t57-,58-/m1/s1. The van der Waals surface area contributed by atoms with Gasteiger partial charge in [-0.1, -0.05) is 207 Å². The van der Waals surface area contributed by atoms with E-state index < -0.39 is 29.6 Å². The van der Waals surface area contributed by atoms with Crippen LogP contribution in [0.25, 0.3) is 0 Å². The molecule has 0 heterocycles. The van der Waals surface area contributed by atoms with Gasteiger partial charge in [0.2, 0.25) is 0 Å². The maximum atomic E-state index is 15.5. The molecule has 9 rings (SSSR count). The molecule has 10 nitrogen and oxygen atoms in total. The fourth-order valence-corrected chi connectivity index (χ4v) is 22.0. The van der Waals surface area contributed by atoms with Crippen molar-refractivity contribution in [3.63, 3.8) is 0 Å². The smallest absolute Gasteiger partial charge is 0.399 e. The molecule has 0 radical (unpaired) electrons. The van der Waals surface area contributed by atoms with Gasteiger partial charge in [-0.05, 0) is 82.6 Å². The van der Waals surface area contributed by atoms with E-state index in [-0.39, 0.29) is 12.1 Å². The predicted octanol–water partition coefficient (Wildman–Crippen LogP) is 13.7. The van der Waals surface area contributed by atoms with Gasteiger partial charge < -0.3 is 28.7 Å². The molecule has 1 aliphatic carbocycles. The summed E-state index contributed by atoms with van der Waals surface area (Å²) in [5.74, 6) is 1.62. The first-order valence-electron chi connectivity index (χ1n) is 24.5. The fraction of sp³-hybridized carbons (Fsp3) is 0.172. The molecular formula is C58H60N4O6P4. The van der Waals surface area contributed by atoms with Gasteiger partial charge in [-0.3, -0.25) is 0 Å². The molecule has 0 bridgehead atoms. The van der Waals surface area contributed by atoms with Crippen molar-refractivity contribution in [3.05, 3.63) is 243 Å². The van der Waals surface area contributed by atoms with Crippen LogP contribution in [0.15, 0.2) is 252 Å². The molecule has 0 aliphatic heterocycles. The zero-order chi connectivity index (χ0) is 49.4. The summed E-state index contributed by atoms with van der Waals surface area (Å²) in [4.78, 5) is 0. The lowest BCUT2D eigenvalue weighted by atomic mass is 9.90. The van der Waals surface area contributed by atoms with Crippen molar-refractivity contribution >= 4 is 50.8 Å². The summed E-state index contributed by atoms with van der Waals surface area (Å²) in [5.41, 5.74) is 0. The van der Waals surface area contributed by atoms with E-state index in [9.17, 15) is 0 Å². The van der Waals surface area contributed by atoms with Crippen molar-refractivity contribution in [2.24, 2.45) is 9.03 Å². The predicted molar refractivity (Wildman–Crippen MR) is 298 cm³/mol. The maximum absolute atomic E-state index is 15.5. The van der Waals surface area contributed by atoms with Crippen LogP contribution >= 0.6 is 29.6 Å². The zero-order valence-electron chi connectivity index (χ0n) is 40.0. The van der Waals surface area contributed by atoms with Crippen molar-refractivity contribution in [1.29, 1.82) is 0 Å². The molecule has 1 aliphatic rings. The molecule has 0 spiro atoms. The topological polar surface area (TPSA) is 120 Å². The van der Waals surface area contributed by atoms with Gasteiger partial charge >= 0.3 is 15.5 Å². The van der Waals surface area contributed by atoms with Crippen molar-refractivity contribution in [2.45, 2.75) is 37.8 Å². The van der Waals surface area contributed by atoms with Gasteiger partial charge in [0.15, 0.2) is 0 Å². The second kappa shape index (κ2) is 24.5. The van der Waals surface area contributed by atoms with E-state index in [1.165, 1.54) is 0 Å². The Balaban J connectivity index is 1.04. The molecular weight excluding hydrogens is 973 g/mol. The Hall–Kier alpha value is -6.20. The minimum atomic E-state index is -4.25. The average Bonchev–Trinajstić information content (AvgIpc) is 3.42. The Morgan fingerprint density at radius 2 is 0.569 bits per heavy atom. The highest BCUT2D eigenvalue weighted by Crippen LogP contribution is 2.63. The lowest BCUT2D eigenvalue weighted by molar-refractivity contribution is 0.292. The first-order chi connectivity index (χ1) is 35.3. The highest BCUT2D eigenvalue weighted by molar-refractivity contribution is 7.85. The average molecular weight is 1030 g/mol. The molecule has 1 fully saturated rings. The van der Waals surface area contributed by atoms with Crippen LogP contribution in [-0.4, -0.2) is 37.5 Å². The first-order valence-corrected chi connectivity index (χ1v) is 31.3. The van der Waals surface area contributed by atoms with Gasteiger partial charge in [0, 0.05) is 51.6 Å². The molecule has 0 saturated heterocycles. The second-order valence-electron chi connectivity index (χ2n) is 17.5. The van der Waals surface area contributed by atoms with Crippen molar-refractivity contribution < 1.29 is 27.2 Å². The minimum absolute atomic E-state index is 0.118. The molecule has 368 valence electrons. The summed E-state index contributed by atoms with van der Waals surface area (Å²) < 4.78 is 67.2. The Bertz CT molecular complexity index is 2740. The van der Waals surface area contributed by atoms with E-state index in [1.54, 1.807) is 48.5 Å². The van der Waals surface area contributed by atoms with Crippen LogP contribution in [0.2, 0.25) is 0 Å². The fourth-order valence-electron chi connectivity index (χ4n) is 9.19. The van der Waals surface area contributed by atoms with Crippen LogP contribution in [-0.2, 0) is 9.13 Å². The lowest BCUT2D eigenvalue weighted by Crippen LogP contribution is -2.51. The molecule has 0 unspecified atom stereocenters. The summed E-state index contributed by atoms with van der Waals surface area (Å²) in [6, 6.07) is 77.4. The molecule has 14 heteroatoms. The molecule has 2 N–H and O–H groups in total. The van der Waals surface area contributed by atoms with Crippen molar-refractivity contribution in [3.8, 4) is 23.0 Å². The van der Waals surface area contributed by atoms with E-state index in [4.69, 9.17) is 27.1 Å². The van der Waals surface area contributed by atoms with E-state index >= 15 is 9.13 Å². The van der Waals surface area contributed by atoms with Crippen LogP contribution in [0, 0.1) is 0 Å². The third-order valence-corrected chi connectivity index (χ3v) is 24.9. The van der Waals surface area contributed by atoms with Crippen LogP contribution in [0.5, 0.6) is 23.0 Å². The quantitative estimate of drug-likeness (QED) is 0.0644. The molecule has 72 heavy (non-hydrogen) atoms. The van der Waals surface area contributed by atoms with E-state index in [0.29, 0.717) is 48.4 Å². The normalized spacial score (nSPS) is 15.2. The van der Waals surface area contributed by atoms with Crippen LogP contribution in [0.4, 0.5) is 0 Å². The molecule has 2 atom stereocenters. The maximum Gasteiger partial charge on any atom is 0.562 e. The van der Waals surface area contributed by atoms with Crippen molar-refractivity contribution in [1.82, 2.24) is 10.6 Å². The zero-order valence-corrected chi connectivity index (χ0v) is 43.6. The highest BCUT2D eigenvalue weighted by Gasteiger charge is 2.38. The SMILES string of the molecule is O=P(N=P(CCN[C@@H]1CCCC[C@H]1NCCP(=NP(=O)(Oc1ccccc1)Oc1ccccc1)(c1ccccc1)c1ccccc1)(c1ccccc1)c1ccccc1)(Oc1ccccc1)Oc1ccccc1. The number of nitrogens with zero attached hydrogens (tertiary/aromatic N) is 2. The molecule has 8 aromatic carbocycles. The highest BCUT2D eigenvalue weighted by atomic mass is 31.2. The largest absolute Gasteiger partial charge is 0.562 e. The van der Waals surface area contributed by atoms with Crippen LogP contribution in [0.3, 0.4) is 0 Å². The first kappa shape index (κ1) is 50.7. The molecule has 0 aromatic heterocycles. The van der Waals surface area contributed by atoms with Crippen LogP contribution < -0.4 is 49.9 Å². The second-order valence-corrected chi connectivity index (χ2v) is 27.5. The number of para-hydroxylation sites is 4.